The van der Waals surface area contributed by atoms with Crippen molar-refractivity contribution in [3.8, 4) is 0 Å². The molecule has 0 bridgehead atoms. The predicted octanol–water partition coefficient (Wildman–Crippen LogP) is 1.24. The Labute approximate surface area is 96.2 Å². The van der Waals surface area contributed by atoms with Gasteiger partial charge in [-0.05, 0) is 6.92 Å². The molecule has 7 heteroatoms. The van der Waals surface area contributed by atoms with Crippen molar-refractivity contribution < 1.29 is 23.1 Å². The van der Waals surface area contributed by atoms with Crippen LogP contribution in [-0.4, -0.2) is 47.2 Å². The van der Waals surface area contributed by atoms with Gasteiger partial charge in [0.25, 0.3) is 0 Å². The third kappa shape index (κ3) is 2.79. The fraction of sp³-hybridized carbons (Fsp3) is 0.889. The van der Waals surface area contributed by atoms with Crippen LogP contribution in [-0.2, 0) is 4.79 Å². The van der Waals surface area contributed by atoms with Crippen molar-refractivity contribution in [2.75, 3.05) is 19.7 Å². The molecule has 0 aromatic rings. The second kappa shape index (κ2) is 4.79. The van der Waals surface area contributed by atoms with Crippen LogP contribution in [0.5, 0.6) is 0 Å². The van der Waals surface area contributed by atoms with Gasteiger partial charge in [0.05, 0.1) is 5.92 Å². The first-order chi connectivity index (χ1) is 7.27. The minimum absolute atomic E-state index is 0.0867. The van der Waals surface area contributed by atoms with E-state index in [0.717, 1.165) is 4.90 Å². The van der Waals surface area contributed by atoms with E-state index in [0.29, 0.717) is 0 Å². The Bertz CT molecular complexity index is 270. The van der Waals surface area contributed by atoms with E-state index in [1.165, 1.54) is 6.92 Å². The fourth-order valence-corrected chi connectivity index (χ4v) is 2.00. The lowest BCUT2D eigenvalue weighted by Gasteiger charge is -2.19. The zero-order chi connectivity index (χ0) is 12.5. The first-order valence-corrected chi connectivity index (χ1v) is 5.31. The average molecular weight is 260 g/mol. The molecule has 1 heterocycles. The Morgan fingerprint density at radius 2 is 2.12 bits per heavy atom. The number of alkyl halides is 4. The minimum atomic E-state index is -4.39. The first kappa shape index (κ1) is 13.6. The molecular weight excluding hydrogens is 247 g/mol. The fourth-order valence-electron chi connectivity index (χ4n) is 1.86. The average Bonchev–Trinajstić information content (AvgIpc) is 2.59. The Morgan fingerprint density at radius 1 is 1.56 bits per heavy atom. The number of aliphatic hydroxyl groups excluding tert-OH is 1. The molecule has 0 unspecified atom stereocenters. The predicted molar refractivity (Wildman–Crippen MR) is 52.0 cm³/mol. The van der Waals surface area contributed by atoms with Gasteiger partial charge >= 0.3 is 6.18 Å². The van der Waals surface area contributed by atoms with Crippen LogP contribution in [0.15, 0.2) is 0 Å². The molecule has 1 amide bonds. The van der Waals surface area contributed by atoms with Crippen molar-refractivity contribution in [1.82, 2.24) is 4.90 Å². The van der Waals surface area contributed by atoms with Crippen molar-refractivity contribution in [2.45, 2.75) is 18.5 Å². The minimum Gasteiger partial charge on any atom is -0.396 e. The monoisotopic (exact) mass is 259 g/mol. The highest BCUT2D eigenvalue weighted by molar-refractivity contribution is 6.30. The molecule has 94 valence electrons. The Kier molecular flexibility index (Phi) is 4.07. The van der Waals surface area contributed by atoms with Gasteiger partial charge < -0.3 is 10.0 Å². The van der Waals surface area contributed by atoms with Crippen LogP contribution in [0.2, 0.25) is 0 Å². The summed E-state index contributed by atoms with van der Waals surface area (Å²) >= 11 is 5.53. The summed E-state index contributed by atoms with van der Waals surface area (Å²) in [6.45, 7) is 0.338. The van der Waals surface area contributed by atoms with Crippen molar-refractivity contribution in [2.24, 2.45) is 11.8 Å². The summed E-state index contributed by atoms with van der Waals surface area (Å²) in [6, 6.07) is 0. The van der Waals surface area contributed by atoms with Gasteiger partial charge in [-0.3, -0.25) is 4.79 Å². The molecule has 1 saturated heterocycles. The van der Waals surface area contributed by atoms with E-state index >= 15 is 0 Å². The summed E-state index contributed by atoms with van der Waals surface area (Å²) in [7, 11) is 0. The van der Waals surface area contributed by atoms with Crippen molar-refractivity contribution >= 4 is 17.5 Å². The molecule has 0 aromatic carbocycles. The maximum atomic E-state index is 12.6. The van der Waals surface area contributed by atoms with Gasteiger partial charge in [0.2, 0.25) is 5.91 Å². The largest absolute Gasteiger partial charge is 0.396 e. The summed E-state index contributed by atoms with van der Waals surface area (Å²) in [5.41, 5.74) is 0. The molecule has 0 spiro atoms. The van der Waals surface area contributed by atoms with E-state index in [4.69, 9.17) is 16.7 Å². The molecule has 3 nitrogen and oxygen atoms in total. The SMILES string of the molecule is C[C@H](Cl)C(=O)N1C[C@@H](CO)[C@@H](C(F)(F)F)C1. The second-order valence-electron chi connectivity index (χ2n) is 3.95. The normalized spacial score (nSPS) is 28.2. The van der Waals surface area contributed by atoms with Gasteiger partial charge in [0.1, 0.15) is 5.38 Å². The lowest BCUT2D eigenvalue weighted by atomic mass is 9.97. The van der Waals surface area contributed by atoms with Crippen LogP contribution in [0.3, 0.4) is 0 Å². The van der Waals surface area contributed by atoms with Crippen LogP contribution >= 0.6 is 11.6 Å². The number of rotatable bonds is 2. The van der Waals surface area contributed by atoms with Gasteiger partial charge in [-0.2, -0.15) is 13.2 Å². The zero-order valence-electron chi connectivity index (χ0n) is 8.67. The summed E-state index contributed by atoms with van der Waals surface area (Å²) in [4.78, 5) is 12.5. The van der Waals surface area contributed by atoms with E-state index in [9.17, 15) is 18.0 Å². The number of aliphatic hydroxyl groups is 1. The van der Waals surface area contributed by atoms with E-state index in [1.807, 2.05) is 0 Å². The Hall–Kier alpha value is -0.490. The number of likely N-dealkylation sites (tertiary alicyclic amines) is 1. The van der Waals surface area contributed by atoms with Crippen LogP contribution < -0.4 is 0 Å². The molecule has 3 atom stereocenters. The van der Waals surface area contributed by atoms with E-state index in [2.05, 4.69) is 0 Å². The maximum absolute atomic E-state index is 12.6. The molecular formula is C9H13ClF3NO2. The Balaban J connectivity index is 2.74. The highest BCUT2D eigenvalue weighted by Gasteiger charge is 2.50. The van der Waals surface area contributed by atoms with Gasteiger partial charge in [-0.25, -0.2) is 0 Å². The zero-order valence-corrected chi connectivity index (χ0v) is 9.42. The third-order valence-corrected chi connectivity index (χ3v) is 2.93. The maximum Gasteiger partial charge on any atom is 0.393 e. The lowest BCUT2D eigenvalue weighted by Crippen LogP contribution is -2.35. The molecule has 16 heavy (non-hydrogen) atoms. The highest BCUT2D eigenvalue weighted by Crippen LogP contribution is 2.37. The van der Waals surface area contributed by atoms with E-state index in [-0.39, 0.29) is 6.54 Å². The summed E-state index contributed by atoms with van der Waals surface area (Å²) < 4.78 is 37.7. The molecule has 0 aromatic heterocycles. The van der Waals surface area contributed by atoms with E-state index in [1.54, 1.807) is 0 Å². The number of carbonyl (C=O) groups excluding carboxylic acids is 1. The third-order valence-electron chi connectivity index (χ3n) is 2.75. The van der Waals surface area contributed by atoms with Crippen LogP contribution in [0.4, 0.5) is 13.2 Å². The topological polar surface area (TPSA) is 40.5 Å². The Morgan fingerprint density at radius 3 is 2.44 bits per heavy atom. The molecule has 1 rings (SSSR count). The standard InChI is InChI=1S/C9H13ClF3NO2/c1-5(10)8(16)14-2-6(4-15)7(3-14)9(11,12)13/h5-7,15H,2-4H2,1H3/t5-,6-,7-/m0/s1. The van der Waals surface area contributed by atoms with Crippen molar-refractivity contribution in [1.29, 1.82) is 0 Å². The molecule has 1 aliphatic heterocycles. The second-order valence-corrected chi connectivity index (χ2v) is 4.60. The van der Waals surface area contributed by atoms with Crippen LogP contribution in [0.25, 0.3) is 0 Å². The highest BCUT2D eigenvalue weighted by atomic mass is 35.5. The first-order valence-electron chi connectivity index (χ1n) is 4.87. The molecule has 1 N–H and O–H groups in total. The summed E-state index contributed by atoms with van der Waals surface area (Å²) in [6.07, 6.45) is -4.39. The lowest BCUT2D eigenvalue weighted by molar-refractivity contribution is -0.183. The van der Waals surface area contributed by atoms with E-state index < -0.39 is 42.4 Å². The number of hydrogen-bond acceptors (Lipinski definition) is 2. The number of hydrogen-bond donors (Lipinski definition) is 1. The molecule has 0 aliphatic carbocycles. The van der Waals surface area contributed by atoms with Gasteiger partial charge in [-0.15, -0.1) is 11.6 Å². The summed E-state index contributed by atoms with van der Waals surface area (Å²) in [5.74, 6) is -3.12. The van der Waals surface area contributed by atoms with Crippen molar-refractivity contribution in [3.05, 3.63) is 0 Å². The van der Waals surface area contributed by atoms with Crippen LogP contribution in [0, 0.1) is 11.8 Å². The number of halogens is 4. The van der Waals surface area contributed by atoms with Crippen LogP contribution in [0.1, 0.15) is 6.92 Å². The van der Waals surface area contributed by atoms with Crippen molar-refractivity contribution in [3.63, 3.8) is 0 Å². The number of nitrogens with zero attached hydrogens (tertiary/aromatic N) is 1. The quantitative estimate of drug-likeness (QED) is 0.758. The van der Waals surface area contributed by atoms with Gasteiger partial charge in [0, 0.05) is 25.6 Å². The molecule has 0 radical (unpaired) electrons. The summed E-state index contributed by atoms with van der Waals surface area (Å²) in [5, 5.41) is 8.03. The number of carbonyl (C=O) groups is 1. The van der Waals surface area contributed by atoms with Gasteiger partial charge in [-0.1, -0.05) is 0 Å². The molecule has 0 saturated carbocycles. The smallest absolute Gasteiger partial charge is 0.393 e. The molecule has 1 fully saturated rings. The van der Waals surface area contributed by atoms with Gasteiger partial charge in [0.15, 0.2) is 0 Å². The number of amides is 1. The molecule has 1 aliphatic rings.